The Bertz CT molecular complexity index is 1310. The summed E-state index contributed by atoms with van der Waals surface area (Å²) in [6, 6.07) is 3.94. The summed E-state index contributed by atoms with van der Waals surface area (Å²) in [5.74, 6) is -1.18. The number of carbonyl (C=O) groups is 3. The maximum Gasteiger partial charge on any atom is 0.332 e. The number of halogens is 1. The van der Waals surface area contributed by atoms with Gasteiger partial charge >= 0.3 is 6.03 Å². The number of aromatic amines is 1. The number of carbonyl (C=O) groups excluding carboxylic acids is 3. The van der Waals surface area contributed by atoms with Crippen LogP contribution >= 0.6 is 0 Å². The van der Waals surface area contributed by atoms with Crippen LogP contribution in [0, 0.1) is 19.7 Å². The molecule has 3 aliphatic rings. The molecule has 2 atom stereocenters. The number of anilines is 1. The normalized spacial score (nSPS) is 21.2. The predicted octanol–water partition coefficient (Wildman–Crippen LogP) is 2.90. The molecule has 2 bridgehead atoms. The zero-order valence-electron chi connectivity index (χ0n) is 22.4. The number of hydrogen-bond donors (Lipinski definition) is 3. The number of likely N-dealkylation sites (tertiary alicyclic amines) is 1. The van der Waals surface area contributed by atoms with E-state index < -0.39 is 11.7 Å². The van der Waals surface area contributed by atoms with E-state index in [9.17, 15) is 18.8 Å². The van der Waals surface area contributed by atoms with E-state index in [4.69, 9.17) is 0 Å². The fourth-order valence-electron chi connectivity index (χ4n) is 5.88. The van der Waals surface area contributed by atoms with E-state index in [0.717, 1.165) is 31.0 Å². The average molecular weight is 523 g/mol. The Kier molecular flexibility index (Phi) is 7.11. The number of H-pyrrole nitrogens is 1. The molecule has 0 spiro atoms. The molecule has 0 saturated carbocycles. The van der Waals surface area contributed by atoms with Gasteiger partial charge in [0.2, 0.25) is 0 Å². The third kappa shape index (κ3) is 4.52. The number of aryl methyl sites for hydroxylation is 1. The van der Waals surface area contributed by atoms with Gasteiger partial charge in [0, 0.05) is 55.2 Å². The van der Waals surface area contributed by atoms with Gasteiger partial charge in [-0.15, -0.1) is 0 Å². The van der Waals surface area contributed by atoms with Crippen LogP contribution in [0.3, 0.4) is 0 Å². The van der Waals surface area contributed by atoms with Crippen LogP contribution < -0.4 is 15.5 Å². The van der Waals surface area contributed by atoms with Crippen molar-refractivity contribution in [2.45, 2.75) is 46.2 Å². The van der Waals surface area contributed by atoms with Crippen LogP contribution in [0.4, 0.5) is 14.9 Å². The molecule has 1 aromatic heterocycles. The van der Waals surface area contributed by atoms with Crippen molar-refractivity contribution in [2.75, 3.05) is 44.2 Å². The molecule has 0 unspecified atom stereocenters. The van der Waals surface area contributed by atoms with E-state index in [0.29, 0.717) is 53.4 Å². The summed E-state index contributed by atoms with van der Waals surface area (Å²) in [6.07, 6.45) is 2.49. The van der Waals surface area contributed by atoms with Crippen molar-refractivity contribution in [3.63, 3.8) is 0 Å². The van der Waals surface area contributed by atoms with Crippen LogP contribution in [0.25, 0.3) is 11.6 Å². The first-order valence-corrected chi connectivity index (χ1v) is 13.3. The lowest BCUT2D eigenvalue weighted by atomic mass is 10.0. The molecule has 1 aromatic carbocycles. The maximum atomic E-state index is 14.3. The summed E-state index contributed by atoms with van der Waals surface area (Å²) in [5, 5.41) is 6.34. The van der Waals surface area contributed by atoms with Crippen molar-refractivity contribution >= 4 is 35.2 Å². The zero-order valence-corrected chi connectivity index (χ0v) is 22.4. The van der Waals surface area contributed by atoms with Gasteiger partial charge < -0.3 is 25.4 Å². The molecule has 0 radical (unpaired) electrons. The summed E-state index contributed by atoms with van der Waals surface area (Å²) in [6.45, 7) is 12.2. The number of aromatic nitrogens is 1. The number of likely N-dealkylation sites (N-methyl/N-ethyl adjacent to an activating group) is 1. The molecule has 0 aliphatic carbocycles. The van der Waals surface area contributed by atoms with Gasteiger partial charge in [-0.2, -0.15) is 0 Å². The third-order valence-electron chi connectivity index (χ3n) is 8.02. The van der Waals surface area contributed by atoms with Gasteiger partial charge in [-0.1, -0.05) is 13.8 Å². The van der Waals surface area contributed by atoms with Gasteiger partial charge in [0.1, 0.15) is 5.82 Å². The van der Waals surface area contributed by atoms with E-state index in [1.807, 2.05) is 13.8 Å². The minimum atomic E-state index is -0.497. The SMILES string of the molecule is CCN(CC)CCNC(=O)c1c(C)[nH]c(C=C2C(=O)N(C(=O)N3C[C@@H]4C[C@H]3CN4)c3ccc(F)cc32)c1C. The zero-order chi connectivity index (χ0) is 27.1. The third-order valence-corrected chi connectivity index (χ3v) is 8.02. The van der Waals surface area contributed by atoms with E-state index in [1.54, 1.807) is 11.0 Å². The first kappa shape index (κ1) is 26.1. The molecule has 4 amide bonds. The lowest BCUT2D eigenvalue weighted by Crippen LogP contribution is -2.52. The summed E-state index contributed by atoms with van der Waals surface area (Å²) in [5.41, 5.74) is 3.42. The highest BCUT2D eigenvalue weighted by Gasteiger charge is 2.46. The fourth-order valence-corrected chi connectivity index (χ4v) is 5.88. The van der Waals surface area contributed by atoms with Crippen LogP contribution in [0.1, 0.15) is 53.1 Å². The summed E-state index contributed by atoms with van der Waals surface area (Å²) < 4.78 is 14.3. The number of urea groups is 1. The highest BCUT2D eigenvalue weighted by Crippen LogP contribution is 2.40. The molecule has 5 rings (SSSR count). The van der Waals surface area contributed by atoms with E-state index in [-0.39, 0.29) is 29.6 Å². The Morgan fingerprint density at radius 3 is 2.66 bits per heavy atom. The molecule has 2 fully saturated rings. The minimum Gasteiger partial charge on any atom is -0.358 e. The number of rotatable bonds is 7. The lowest BCUT2D eigenvalue weighted by molar-refractivity contribution is -0.112. The quantitative estimate of drug-likeness (QED) is 0.486. The van der Waals surface area contributed by atoms with Crippen molar-refractivity contribution < 1.29 is 18.8 Å². The van der Waals surface area contributed by atoms with Crippen LogP contribution in [-0.4, -0.2) is 84.0 Å². The van der Waals surface area contributed by atoms with Gasteiger partial charge in [-0.3, -0.25) is 9.59 Å². The van der Waals surface area contributed by atoms with Gasteiger partial charge in [0.25, 0.3) is 11.8 Å². The molecular formula is C28H35FN6O3. The first-order valence-electron chi connectivity index (χ1n) is 13.3. The largest absolute Gasteiger partial charge is 0.358 e. The Morgan fingerprint density at radius 1 is 1.24 bits per heavy atom. The average Bonchev–Trinajstić information content (AvgIpc) is 3.65. The number of nitrogens with zero attached hydrogens (tertiary/aromatic N) is 3. The highest BCUT2D eigenvalue weighted by atomic mass is 19.1. The Morgan fingerprint density at radius 2 is 2.00 bits per heavy atom. The monoisotopic (exact) mass is 522 g/mol. The first-order chi connectivity index (χ1) is 18.2. The highest BCUT2D eigenvalue weighted by molar-refractivity contribution is 6.42. The van der Waals surface area contributed by atoms with Crippen LogP contribution in [0.5, 0.6) is 0 Å². The minimum absolute atomic E-state index is 0.0494. The Balaban J connectivity index is 1.43. The number of nitrogens with one attached hydrogen (secondary N) is 3. The van der Waals surface area contributed by atoms with Gasteiger partial charge in [-0.25, -0.2) is 14.1 Å². The lowest BCUT2D eigenvalue weighted by Gasteiger charge is -2.30. The molecule has 2 saturated heterocycles. The molecule has 4 heterocycles. The van der Waals surface area contributed by atoms with Crippen molar-refractivity contribution in [1.29, 1.82) is 0 Å². The number of benzene rings is 1. The van der Waals surface area contributed by atoms with Crippen molar-refractivity contribution in [3.05, 3.63) is 52.1 Å². The van der Waals surface area contributed by atoms with Crippen molar-refractivity contribution in [1.82, 2.24) is 25.4 Å². The van der Waals surface area contributed by atoms with Gasteiger partial charge in [0.15, 0.2) is 0 Å². The van der Waals surface area contributed by atoms with Gasteiger partial charge in [-0.05, 0) is 63.2 Å². The maximum absolute atomic E-state index is 14.3. The standard InChI is InChI=1S/C28H35FN6O3/c1-5-33(6-2)10-9-30-26(36)25-16(3)23(32-17(25)4)13-22-21-11-18(29)7-8-24(21)35(27(22)37)28(38)34-15-19-12-20(34)14-31-19/h7-8,11,13,19-20,31-32H,5-6,9-10,12,14-15H2,1-4H3,(H,30,36)/t19-,20-/m0/s1. The fraction of sp³-hybridized carbons (Fsp3) is 0.464. The summed E-state index contributed by atoms with van der Waals surface area (Å²) in [4.78, 5) is 48.5. The van der Waals surface area contributed by atoms with Crippen molar-refractivity contribution in [3.8, 4) is 0 Å². The molecule has 3 N–H and O–H groups in total. The summed E-state index contributed by atoms with van der Waals surface area (Å²) >= 11 is 0. The molecular weight excluding hydrogens is 487 g/mol. The smallest absolute Gasteiger partial charge is 0.332 e. The van der Waals surface area contributed by atoms with Crippen molar-refractivity contribution in [2.24, 2.45) is 0 Å². The van der Waals surface area contributed by atoms with Crippen LogP contribution in [-0.2, 0) is 4.79 Å². The molecule has 10 heteroatoms. The molecule has 2 aromatic rings. The molecule has 9 nitrogen and oxygen atoms in total. The number of amides is 4. The molecule has 38 heavy (non-hydrogen) atoms. The Labute approximate surface area is 222 Å². The van der Waals surface area contributed by atoms with E-state index >= 15 is 0 Å². The van der Waals surface area contributed by atoms with Crippen LogP contribution in [0.15, 0.2) is 18.2 Å². The van der Waals surface area contributed by atoms with Crippen LogP contribution in [0.2, 0.25) is 0 Å². The second-order valence-electron chi connectivity index (χ2n) is 10.2. The molecule has 202 valence electrons. The number of hydrogen-bond acceptors (Lipinski definition) is 5. The second-order valence-corrected chi connectivity index (χ2v) is 10.2. The predicted molar refractivity (Wildman–Crippen MR) is 144 cm³/mol. The number of imide groups is 1. The van der Waals surface area contributed by atoms with Gasteiger partial charge in [0.05, 0.1) is 16.8 Å². The van der Waals surface area contributed by atoms with E-state index in [1.165, 1.54) is 18.2 Å². The number of fused-ring (bicyclic) bond motifs is 3. The molecule has 3 aliphatic heterocycles. The van der Waals surface area contributed by atoms with E-state index in [2.05, 4.69) is 34.4 Å². The Hall–Kier alpha value is -3.50. The number of piperazine rings is 1. The second kappa shape index (κ2) is 10.3. The topological polar surface area (TPSA) is 101 Å². The summed E-state index contributed by atoms with van der Waals surface area (Å²) in [7, 11) is 0.